The Labute approximate surface area is 116 Å². The zero-order valence-electron chi connectivity index (χ0n) is 11.2. The smallest absolute Gasteiger partial charge is 0.212 e. The largest absolute Gasteiger partial charge is 0.484 e. The first-order valence-electron chi connectivity index (χ1n) is 6.71. The average molecular weight is 277 g/mol. The Bertz CT molecular complexity index is 620. The minimum atomic E-state index is -0.394. The molecule has 0 bridgehead atoms. The summed E-state index contributed by atoms with van der Waals surface area (Å²) in [6, 6.07) is 4.76. The van der Waals surface area contributed by atoms with E-state index in [0.29, 0.717) is 17.0 Å². The standard InChI is InChI=1S/C15H16FNO3/c1-9-5-6-12(16)11(7-9)14-15(13(8-18)17-20-14)19-10-3-2-4-10/h5-7,10,18H,2-4,8H2,1H3. The van der Waals surface area contributed by atoms with Crippen molar-refractivity contribution in [3.8, 4) is 17.1 Å². The van der Waals surface area contributed by atoms with Crippen LogP contribution in [0.15, 0.2) is 22.7 Å². The number of hydrogen-bond acceptors (Lipinski definition) is 4. The molecule has 1 aliphatic carbocycles. The van der Waals surface area contributed by atoms with Crippen LogP contribution in [0.4, 0.5) is 4.39 Å². The predicted octanol–water partition coefficient (Wildman–Crippen LogP) is 3.21. The molecule has 1 heterocycles. The monoisotopic (exact) mass is 277 g/mol. The molecule has 3 rings (SSSR count). The number of aryl methyl sites for hydroxylation is 1. The van der Waals surface area contributed by atoms with Crippen molar-refractivity contribution < 1.29 is 18.8 Å². The van der Waals surface area contributed by atoms with Gasteiger partial charge in [0.25, 0.3) is 0 Å². The van der Waals surface area contributed by atoms with Crippen molar-refractivity contribution in [3.05, 3.63) is 35.3 Å². The van der Waals surface area contributed by atoms with E-state index in [-0.39, 0.29) is 18.5 Å². The van der Waals surface area contributed by atoms with Crippen LogP contribution in [0.3, 0.4) is 0 Å². The first kappa shape index (κ1) is 13.1. The lowest BCUT2D eigenvalue weighted by atomic mass is 9.96. The Balaban J connectivity index is 2.03. The topological polar surface area (TPSA) is 55.5 Å². The molecule has 5 heteroatoms. The summed E-state index contributed by atoms with van der Waals surface area (Å²) in [7, 11) is 0. The van der Waals surface area contributed by atoms with Gasteiger partial charge in [-0.3, -0.25) is 0 Å². The fraction of sp³-hybridized carbons (Fsp3) is 0.400. The summed E-state index contributed by atoms with van der Waals surface area (Å²) in [5.74, 6) is 0.221. The number of aliphatic hydroxyl groups is 1. The Kier molecular flexibility index (Phi) is 3.44. The third-order valence-electron chi connectivity index (χ3n) is 3.57. The van der Waals surface area contributed by atoms with E-state index in [0.717, 1.165) is 24.8 Å². The number of rotatable bonds is 4. The van der Waals surface area contributed by atoms with Crippen LogP contribution in [0, 0.1) is 12.7 Å². The lowest BCUT2D eigenvalue weighted by Crippen LogP contribution is -2.25. The second-order valence-corrected chi connectivity index (χ2v) is 5.10. The van der Waals surface area contributed by atoms with Gasteiger partial charge in [0.2, 0.25) is 5.76 Å². The number of halogens is 1. The van der Waals surface area contributed by atoms with Crippen molar-refractivity contribution in [1.82, 2.24) is 5.16 Å². The number of aliphatic hydroxyl groups excluding tert-OH is 1. The molecule has 0 aliphatic heterocycles. The van der Waals surface area contributed by atoms with E-state index in [1.807, 2.05) is 6.92 Å². The van der Waals surface area contributed by atoms with E-state index < -0.39 is 5.82 Å². The van der Waals surface area contributed by atoms with Crippen molar-refractivity contribution in [3.63, 3.8) is 0 Å². The van der Waals surface area contributed by atoms with Crippen LogP contribution in [0.25, 0.3) is 11.3 Å². The van der Waals surface area contributed by atoms with Gasteiger partial charge in [0.15, 0.2) is 11.4 Å². The number of aromatic nitrogens is 1. The first-order chi connectivity index (χ1) is 9.69. The van der Waals surface area contributed by atoms with E-state index >= 15 is 0 Å². The van der Waals surface area contributed by atoms with E-state index in [2.05, 4.69) is 5.16 Å². The van der Waals surface area contributed by atoms with Crippen molar-refractivity contribution in [2.24, 2.45) is 0 Å². The van der Waals surface area contributed by atoms with Crippen LogP contribution in [-0.4, -0.2) is 16.4 Å². The molecular weight excluding hydrogens is 261 g/mol. The third kappa shape index (κ3) is 2.29. The van der Waals surface area contributed by atoms with E-state index in [1.165, 1.54) is 6.07 Å². The summed E-state index contributed by atoms with van der Waals surface area (Å²) < 4.78 is 25.0. The zero-order chi connectivity index (χ0) is 14.1. The van der Waals surface area contributed by atoms with Crippen LogP contribution in [0.5, 0.6) is 5.75 Å². The van der Waals surface area contributed by atoms with Crippen molar-refractivity contribution in [1.29, 1.82) is 0 Å². The van der Waals surface area contributed by atoms with Gasteiger partial charge in [0.1, 0.15) is 5.82 Å². The molecular formula is C15H16FNO3. The van der Waals surface area contributed by atoms with Gasteiger partial charge in [0, 0.05) is 0 Å². The van der Waals surface area contributed by atoms with Gasteiger partial charge >= 0.3 is 0 Å². The Morgan fingerprint density at radius 2 is 2.25 bits per heavy atom. The van der Waals surface area contributed by atoms with Gasteiger partial charge < -0.3 is 14.4 Å². The molecule has 1 saturated carbocycles. The maximum absolute atomic E-state index is 14.0. The van der Waals surface area contributed by atoms with Crippen LogP contribution in [-0.2, 0) is 6.61 Å². The van der Waals surface area contributed by atoms with Crippen molar-refractivity contribution in [2.45, 2.75) is 38.9 Å². The first-order valence-corrected chi connectivity index (χ1v) is 6.71. The quantitative estimate of drug-likeness (QED) is 0.932. The third-order valence-corrected chi connectivity index (χ3v) is 3.57. The highest BCUT2D eigenvalue weighted by Crippen LogP contribution is 2.38. The maximum atomic E-state index is 14.0. The Morgan fingerprint density at radius 1 is 1.45 bits per heavy atom. The normalized spacial score (nSPS) is 15.2. The Morgan fingerprint density at radius 3 is 2.90 bits per heavy atom. The molecule has 4 nitrogen and oxygen atoms in total. The number of benzene rings is 1. The lowest BCUT2D eigenvalue weighted by molar-refractivity contribution is 0.117. The minimum Gasteiger partial charge on any atom is -0.484 e. The summed E-state index contributed by atoms with van der Waals surface area (Å²) in [6.45, 7) is 1.58. The maximum Gasteiger partial charge on any atom is 0.212 e. The second-order valence-electron chi connectivity index (χ2n) is 5.10. The van der Waals surface area contributed by atoms with Gasteiger partial charge in [0.05, 0.1) is 18.3 Å². The molecule has 1 aromatic carbocycles. The number of nitrogens with zero attached hydrogens (tertiary/aromatic N) is 1. The van der Waals surface area contributed by atoms with E-state index in [9.17, 15) is 9.50 Å². The average Bonchev–Trinajstić information content (AvgIpc) is 2.79. The Hall–Kier alpha value is -1.88. The molecule has 1 aliphatic rings. The molecule has 2 aromatic rings. The van der Waals surface area contributed by atoms with Gasteiger partial charge in [-0.2, -0.15) is 0 Å². The summed E-state index contributed by atoms with van der Waals surface area (Å²) in [4.78, 5) is 0. The molecule has 0 atom stereocenters. The highest BCUT2D eigenvalue weighted by Gasteiger charge is 2.27. The molecule has 0 unspecified atom stereocenters. The highest BCUT2D eigenvalue weighted by molar-refractivity contribution is 5.66. The second kappa shape index (κ2) is 5.25. The minimum absolute atomic E-state index is 0.103. The van der Waals surface area contributed by atoms with Crippen LogP contribution in [0.2, 0.25) is 0 Å². The summed E-state index contributed by atoms with van der Waals surface area (Å²) in [6.07, 6.45) is 3.15. The predicted molar refractivity (Wildman–Crippen MR) is 70.8 cm³/mol. The van der Waals surface area contributed by atoms with E-state index in [4.69, 9.17) is 9.26 Å². The fourth-order valence-corrected chi connectivity index (χ4v) is 2.18. The molecule has 20 heavy (non-hydrogen) atoms. The number of hydrogen-bond donors (Lipinski definition) is 1. The molecule has 1 aromatic heterocycles. The molecule has 0 radical (unpaired) electrons. The van der Waals surface area contributed by atoms with Crippen LogP contribution in [0.1, 0.15) is 30.5 Å². The summed E-state index contributed by atoms with van der Waals surface area (Å²) >= 11 is 0. The highest BCUT2D eigenvalue weighted by atomic mass is 19.1. The van der Waals surface area contributed by atoms with Gasteiger partial charge in [-0.25, -0.2) is 4.39 Å². The molecule has 1 N–H and O–H groups in total. The van der Waals surface area contributed by atoms with Crippen molar-refractivity contribution in [2.75, 3.05) is 0 Å². The zero-order valence-corrected chi connectivity index (χ0v) is 11.2. The van der Waals surface area contributed by atoms with Crippen molar-refractivity contribution >= 4 is 0 Å². The summed E-state index contributed by atoms with van der Waals surface area (Å²) in [5.41, 5.74) is 1.54. The van der Waals surface area contributed by atoms with Gasteiger partial charge in [-0.05, 0) is 38.3 Å². The summed E-state index contributed by atoms with van der Waals surface area (Å²) in [5, 5.41) is 13.1. The molecule has 0 saturated heterocycles. The number of ether oxygens (including phenoxy) is 1. The molecule has 0 spiro atoms. The van der Waals surface area contributed by atoms with E-state index in [1.54, 1.807) is 12.1 Å². The van der Waals surface area contributed by atoms with Crippen LogP contribution >= 0.6 is 0 Å². The van der Waals surface area contributed by atoms with Gasteiger partial charge in [-0.1, -0.05) is 16.8 Å². The molecule has 106 valence electrons. The SMILES string of the molecule is Cc1ccc(F)c(-c2onc(CO)c2OC2CCC2)c1. The lowest BCUT2D eigenvalue weighted by Gasteiger charge is -2.26. The van der Waals surface area contributed by atoms with Crippen LogP contribution < -0.4 is 4.74 Å². The fourth-order valence-electron chi connectivity index (χ4n) is 2.18. The van der Waals surface area contributed by atoms with Gasteiger partial charge in [-0.15, -0.1) is 0 Å². The molecule has 1 fully saturated rings. The molecule has 0 amide bonds.